The lowest BCUT2D eigenvalue weighted by atomic mass is 10.2. The number of aliphatic hydroxyl groups is 1. The summed E-state index contributed by atoms with van der Waals surface area (Å²) in [7, 11) is 0. The molecule has 2 aromatic carbocycles. The summed E-state index contributed by atoms with van der Waals surface area (Å²) in [5.41, 5.74) is 2.21. The van der Waals surface area contributed by atoms with E-state index in [0.29, 0.717) is 13.2 Å². The minimum Gasteiger partial charge on any atom is -0.489 e. The molecule has 130 valence electrons. The molecule has 0 fully saturated rings. The van der Waals surface area contributed by atoms with Crippen LogP contribution in [-0.2, 0) is 13.2 Å². The van der Waals surface area contributed by atoms with Crippen molar-refractivity contribution >= 4 is 11.6 Å². The Bertz CT molecular complexity index is 603. The Morgan fingerprint density at radius 3 is 2.50 bits per heavy atom. The Balaban J connectivity index is 1.78. The summed E-state index contributed by atoms with van der Waals surface area (Å²) in [5, 5.41) is 16.5. The van der Waals surface area contributed by atoms with Crippen molar-refractivity contribution < 1.29 is 9.84 Å². The minimum atomic E-state index is -0.313. The molecule has 1 unspecified atom stereocenters. The number of hydrogen-bond donors (Lipinski definition) is 3. The molecule has 0 saturated carbocycles. The van der Waals surface area contributed by atoms with Gasteiger partial charge in [-0.05, 0) is 30.7 Å². The van der Waals surface area contributed by atoms with Gasteiger partial charge in [0.1, 0.15) is 12.4 Å². The molecule has 2 rings (SSSR count). The van der Waals surface area contributed by atoms with Gasteiger partial charge in [0.2, 0.25) is 0 Å². The highest BCUT2D eigenvalue weighted by molar-refractivity contribution is 6.30. The quantitative estimate of drug-likeness (QED) is 0.578. The van der Waals surface area contributed by atoms with Crippen LogP contribution in [0.1, 0.15) is 18.1 Å². The molecular formula is C19H25ClN2O2. The second-order valence-corrected chi connectivity index (χ2v) is 6.19. The van der Waals surface area contributed by atoms with Gasteiger partial charge in [0.05, 0.1) is 6.10 Å². The number of aliphatic hydroxyl groups excluding tert-OH is 1. The van der Waals surface area contributed by atoms with Crippen LogP contribution in [0.3, 0.4) is 0 Å². The lowest BCUT2D eigenvalue weighted by Gasteiger charge is -2.13. The van der Waals surface area contributed by atoms with Crippen molar-refractivity contribution in [3.63, 3.8) is 0 Å². The minimum absolute atomic E-state index is 0.313. The van der Waals surface area contributed by atoms with Crippen LogP contribution in [-0.4, -0.2) is 30.8 Å². The molecule has 5 heteroatoms. The summed E-state index contributed by atoms with van der Waals surface area (Å²) in [4.78, 5) is 0. The van der Waals surface area contributed by atoms with Crippen LogP contribution < -0.4 is 15.4 Å². The first kappa shape index (κ1) is 18.7. The van der Waals surface area contributed by atoms with E-state index in [4.69, 9.17) is 16.3 Å². The van der Waals surface area contributed by atoms with E-state index >= 15 is 0 Å². The Hall–Kier alpha value is -1.59. The fourth-order valence-corrected chi connectivity index (χ4v) is 2.37. The summed E-state index contributed by atoms with van der Waals surface area (Å²) in [5.74, 6) is 0.886. The van der Waals surface area contributed by atoms with E-state index in [1.54, 1.807) is 6.92 Å². The standard InChI is InChI=1S/C19H25ClN2O2/c1-15(23)12-21-10-11-22-13-17-4-2-3-5-19(17)24-14-16-6-8-18(20)9-7-16/h2-9,15,21-23H,10-14H2,1H3. The van der Waals surface area contributed by atoms with E-state index in [1.807, 2.05) is 42.5 Å². The second-order valence-electron chi connectivity index (χ2n) is 5.75. The van der Waals surface area contributed by atoms with Crippen molar-refractivity contribution in [1.29, 1.82) is 0 Å². The van der Waals surface area contributed by atoms with Crippen LogP contribution in [0.5, 0.6) is 5.75 Å². The van der Waals surface area contributed by atoms with Gasteiger partial charge in [-0.2, -0.15) is 0 Å². The number of nitrogens with one attached hydrogen (secondary N) is 2. The molecule has 0 aliphatic rings. The lowest BCUT2D eigenvalue weighted by Crippen LogP contribution is -2.31. The first-order chi connectivity index (χ1) is 11.6. The predicted octanol–water partition coefficient (Wildman–Crippen LogP) is 2.98. The monoisotopic (exact) mass is 348 g/mol. The molecule has 0 aliphatic carbocycles. The third-order valence-corrected chi connectivity index (χ3v) is 3.77. The summed E-state index contributed by atoms with van der Waals surface area (Å²) in [6, 6.07) is 15.7. The van der Waals surface area contributed by atoms with Gasteiger partial charge in [-0.25, -0.2) is 0 Å². The topological polar surface area (TPSA) is 53.5 Å². The first-order valence-corrected chi connectivity index (χ1v) is 8.57. The molecule has 0 saturated heterocycles. The zero-order chi connectivity index (χ0) is 17.2. The lowest BCUT2D eigenvalue weighted by molar-refractivity contribution is 0.191. The SMILES string of the molecule is CC(O)CNCCNCc1ccccc1OCc1ccc(Cl)cc1. The molecule has 0 heterocycles. The largest absolute Gasteiger partial charge is 0.489 e. The summed E-state index contributed by atoms with van der Waals surface area (Å²) >= 11 is 5.90. The molecule has 0 amide bonds. The third-order valence-electron chi connectivity index (χ3n) is 3.51. The van der Waals surface area contributed by atoms with E-state index in [-0.39, 0.29) is 6.10 Å². The van der Waals surface area contributed by atoms with Gasteiger partial charge in [-0.15, -0.1) is 0 Å². The number of rotatable bonds is 10. The maximum Gasteiger partial charge on any atom is 0.124 e. The molecule has 0 aromatic heterocycles. The fourth-order valence-electron chi connectivity index (χ4n) is 2.24. The average molecular weight is 349 g/mol. The Kier molecular flexibility index (Phi) is 8.05. The smallest absolute Gasteiger partial charge is 0.124 e. The van der Waals surface area contributed by atoms with Crippen molar-refractivity contribution in [3.05, 3.63) is 64.7 Å². The molecule has 0 bridgehead atoms. The van der Waals surface area contributed by atoms with Gasteiger partial charge >= 0.3 is 0 Å². The van der Waals surface area contributed by atoms with Crippen LogP contribution in [0.25, 0.3) is 0 Å². The number of halogens is 1. The van der Waals surface area contributed by atoms with E-state index in [2.05, 4.69) is 16.7 Å². The normalized spacial score (nSPS) is 12.1. The highest BCUT2D eigenvalue weighted by atomic mass is 35.5. The Morgan fingerprint density at radius 1 is 1.04 bits per heavy atom. The van der Waals surface area contributed by atoms with E-state index in [1.165, 1.54) is 0 Å². The number of hydrogen-bond acceptors (Lipinski definition) is 4. The van der Waals surface area contributed by atoms with Crippen LogP contribution in [0.4, 0.5) is 0 Å². The summed E-state index contributed by atoms with van der Waals surface area (Å²) in [6.07, 6.45) is -0.313. The van der Waals surface area contributed by atoms with Gasteiger partial charge in [0.25, 0.3) is 0 Å². The molecule has 0 aliphatic heterocycles. The summed E-state index contributed by atoms with van der Waals surface area (Å²) in [6.45, 7) is 5.30. The third kappa shape index (κ3) is 6.89. The Labute approximate surface area is 148 Å². The summed E-state index contributed by atoms with van der Waals surface area (Å²) < 4.78 is 5.94. The first-order valence-electron chi connectivity index (χ1n) is 8.20. The average Bonchev–Trinajstić information content (AvgIpc) is 2.58. The van der Waals surface area contributed by atoms with Crippen molar-refractivity contribution in [1.82, 2.24) is 10.6 Å². The van der Waals surface area contributed by atoms with Crippen LogP contribution in [0.15, 0.2) is 48.5 Å². The molecule has 4 nitrogen and oxygen atoms in total. The zero-order valence-corrected chi connectivity index (χ0v) is 14.7. The van der Waals surface area contributed by atoms with Crippen molar-refractivity contribution in [2.24, 2.45) is 0 Å². The molecule has 0 spiro atoms. The number of ether oxygens (including phenoxy) is 1. The van der Waals surface area contributed by atoms with Gasteiger partial charge < -0.3 is 20.5 Å². The highest BCUT2D eigenvalue weighted by Crippen LogP contribution is 2.19. The zero-order valence-electron chi connectivity index (χ0n) is 14.0. The van der Waals surface area contributed by atoms with E-state index in [9.17, 15) is 5.11 Å². The maximum absolute atomic E-state index is 9.18. The van der Waals surface area contributed by atoms with Crippen LogP contribution in [0, 0.1) is 0 Å². The molecule has 3 N–H and O–H groups in total. The van der Waals surface area contributed by atoms with Crippen LogP contribution >= 0.6 is 11.6 Å². The van der Waals surface area contributed by atoms with Crippen molar-refractivity contribution in [2.75, 3.05) is 19.6 Å². The molecule has 1 atom stereocenters. The van der Waals surface area contributed by atoms with Gasteiger partial charge in [0.15, 0.2) is 0 Å². The van der Waals surface area contributed by atoms with Crippen molar-refractivity contribution in [3.8, 4) is 5.75 Å². The Morgan fingerprint density at radius 2 is 1.75 bits per heavy atom. The number of para-hydroxylation sites is 1. The highest BCUT2D eigenvalue weighted by Gasteiger charge is 2.03. The molecule has 24 heavy (non-hydrogen) atoms. The fraction of sp³-hybridized carbons (Fsp3) is 0.368. The predicted molar refractivity (Wildman–Crippen MR) is 98.5 cm³/mol. The molecular weight excluding hydrogens is 324 g/mol. The van der Waals surface area contributed by atoms with Gasteiger partial charge in [-0.1, -0.05) is 41.9 Å². The van der Waals surface area contributed by atoms with Gasteiger partial charge in [-0.3, -0.25) is 0 Å². The van der Waals surface area contributed by atoms with E-state index < -0.39 is 0 Å². The molecule has 0 radical (unpaired) electrons. The van der Waals surface area contributed by atoms with Gasteiger partial charge in [0, 0.05) is 36.8 Å². The van der Waals surface area contributed by atoms with Crippen molar-refractivity contribution in [2.45, 2.75) is 26.2 Å². The van der Waals surface area contributed by atoms with E-state index in [0.717, 1.165) is 41.5 Å². The number of benzene rings is 2. The molecule has 2 aromatic rings. The van der Waals surface area contributed by atoms with Crippen LogP contribution in [0.2, 0.25) is 5.02 Å². The second kappa shape index (κ2) is 10.3. The maximum atomic E-state index is 9.18.